The summed E-state index contributed by atoms with van der Waals surface area (Å²) in [6.07, 6.45) is 0.573. The molecule has 1 aliphatic heterocycles. The second-order valence-corrected chi connectivity index (χ2v) is 4.50. The zero-order chi connectivity index (χ0) is 12.8. The maximum Gasteiger partial charge on any atom is 0.317 e. The Hall–Kier alpha value is -1.30. The van der Waals surface area contributed by atoms with Crippen LogP contribution in [0.1, 0.15) is 19.8 Å². The topological polar surface area (TPSA) is 72.9 Å². The smallest absolute Gasteiger partial charge is 0.317 e. The van der Waals surface area contributed by atoms with Gasteiger partial charge in [-0.2, -0.15) is 0 Å². The normalized spacial score (nSPS) is 21.3. The lowest BCUT2D eigenvalue weighted by Crippen LogP contribution is -2.54. The highest BCUT2D eigenvalue weighted by Gasteiger charge is 2.23. The number of likely N-dealkylation sites (N-methyl/N-ethyl adjacent to an activating group) is 1. The first kappa shape index (κ1) is 13.8. The second kappa shape index (κ2) is 6.44. The van der Waals surface area contributed by atoms with Crippen molar-refractivity contribution in [1.29, 1.82) is 0 Å². The van der Waals surface area contributed by atoms with Crippen LogP contribution < -0.4 is 5.32 Å². The number of rotatable bonds is 4. The van der Waals surface area contributed by atoms with Gasteiger partial charge in [0.25, 0.3) is 0 Å². The summed E-state index contributed by atoms with van der Waals surface area (Å²) in [7, 11) is 2.05. The van der Waals surface area contributed by atoms with Gasteiger partial charge in [0, 0.05) is 38.6 Å². The van der Waals surface area contributed by atoms with Gasteiger partial charge in [-0.05, 0) is 20.4 Å². The molecule has 1 fully saturated rings. The van der Waals surface area contributed by atoms with Crippen molar-refractivity contribution in [3.05, 3.63) is 0 Å². The number of hydrogen-bond donors (Lipinski definition) is 2. The molecule has 98 valence electrons. The quantitative estimate of drug-likeness (QED) is 0.692. The van der Waals surface area contributed by atoms with E-state index in [1.807, 2.05) is 7.05 Å². The van der Waals surface area contributed by atoms with Crippen LogP contribution in [-0.2, 0) is 4.79 Å². The largest absolute Gasteiger partial charge is 0.481 e. The first-order valence-electron chi connectivity index (χ1n) is 5.95. The minimum atomic E-state index is -0.826. The van der Waals surface area contributed by atoms with Gasteiger partial charge in [-0.25, -0.2) is 4.79 Å². The van der Waals surface area contributed by atoms with Crippen LogP contribution in [0.15, 0.2) is 0 Å². The van der Waals surface area contributed by atoms with Crippen LogP contribution in [0.3, 0.4) is 0 Å². The average Bonchev–Trinajstić information content (AvgIpc) is 2.27. The maximum atomic E-state index is 11.7. The SMILES string of the molecule is CC1CN(C(=O)NCCCC(=O)O)CCN1C. The molecule has 0 aromatic heterocycles. The van der Waals surface area contributed by atoms with Crippen LogP contribution in [-0.4, -0.2) is 66.2 Å². The molecule has 1 heterocycles. The third-order valence-corrected chi connectivity index (χ3v) is 3.09. The Bertz CT molecular complexity index is 283. The first-order chi connectivity index (χ1) is 8.00. The number of carbonyl (C=O) groups excluding carboxylic acids is 1. The molecule has 0 aromatic rings. The van der Waals surface area contributed by atoms with Crippen molar-refractivity contribution >= 4 is 12.0 Å². The highest BCUT2D eigenvalue weighted by molar-refractivity contribution is 5.74. The van der Waals surface area contributed by atoms with Crippen LogP contribution >= 0.6 is 0 Å². The van der Waals surface area contributed by atoms with E-state index in [4.69, 9.17) is 5.11 Å². The number of amides is 2. The fraction of sp³-hybridized carbons (Fsp3) is 0.818. The van der Waals surface area contributed by atoms with Crippen molar-refractivity contribution < 1.29 is 14.7 Å². The average molecular weight is 243 g/mol. The lowest BCUT2D eigenvalue weighted by atomic mass is 10.2. The van der Waals surface area contributed by atoms with E-state index in [1.165, 1.54) is 0 Å². The van der Waals surface area contributed by atoms with Crippen molar-refractivity contribution in [2.24, 2.45) is 0 Å². The molecule has 0 bridgehead atoms. The monoisotopic (exact) mass is 243 g/mol. The molecule has 0 spiro atoms. The van der Waals surface area contributed by atoms with Crippen molar-refractivity contribution in [2.75, 3.05) is 33.2 Å². The predicted octanol–water partition coefficient (Wildman–Crippen LogP) is 0.197. The maximum absolute atomic E-state index is 11.7. The fourth-order valence-corrected chi connectivity index (χ4v) is 1.78. The zero-order valence-electron chi connectivity index (χ0n) is 10.5. The van der Waals surface area contributed by atoms with E-state index in [0.717, 1.165) is 19.6 Å². The van der Waals surface area contributed by atoms with Crippen molar-refractivity contribution in [1.82, 2.24) is 15.1 Å². The summed E-state index contributed by atoms with van der Waals surface area (Å²) in [5.74, 6) is -0.826. The fourth-order valence-electron chi connectivity index (χ4n) is 1.78. The van der Waals surface area contributed by atoms with Crippen LogP contribution in [0.2, 0.25) is 0 Å². The van der Waals surface area contributed by atoms with Crippen LogP contribution in [0.5, 0.6) is 0 Å². The van der Waals surface area contributed by atoms with Gasteiger partial charge < -0.3 is 20.2 Å². The molecule has 6 nitrogen and oxygen atoms in total. The molecule has 2 N–H and O–H groups in total. The number of nitrogens with zero attached hydrogens (tertiary/aromatic N) is 2. The molecule has 0 aliphatic carbocycles. The van der Waals surface area contributed by atoms with Crippen LogP contribution in [0.4, 0.5) is 4.79 Å². The van der Waals surface area contributed by atoms with Gasteiger partial charge in [-0.15, -0.1) is 0 Å². The zero-order valence-corrected chi connectivity index (χ0v) is 10.5. The number of nitrogens with one attached hydrogen (secondary N) is 1. The number of aliphatic carboxylic acids is 1. The van der Waals surface area contributed by atoms with E-state index in [-0.39, 0.29) is 12.5 Å². The number of carboxylic acid groups (broad SMARTS) is 1. The van der Waals surface area contributed by atoms with E-state index in [1.54, 1.807) is 4.90 Å². The summed E-state index contributed by atoms with van der Waals surface area (Å²) in [6, 6.07) is 0.281. The first-order valence-corrected chi connectivity index (χ1v) is 5.95. The lowest BCUT2D eigenvalue weighted by Gasteiger charge is -2.37. The van der Waals surface area contributed by atoms with Crippen molar-refractivity contribution in [3.8, 4) is 0 Å². The van der Waals surface area contributed by atoms with Gasteiger partial charge in [-0.1, -0.05) is 0 Å². The van der Waals surface area contributed by atoms with Crippen LogP contribution in [0.25, 0.3) is 0 Å². The molecule has 17 heavy (non-hydrogen) atoms. The summed E-state index contributed by atoms with van der Waals surface area (Å²) in [5.41, 5.74) is 0. The van der Waals surface area contributed by atoms with E-state index < -0.39 is 5.97 Å². The second-order valence-electron chi connectivity index (χ2n) is 4.50. The summed E-state index contributed by atoms with van der Waals surface area (Å²) in [5, 5.41) is 11.2. The summed E-state index contributed by atoms with van der Waals surface area (Å²) < 4.78 is 0. The molecule has 0 saturated carbocycles. The Kier molecular flexibility index (Phi) is 5.21. The summed E-state index contributed by atoms with van der Waals surface area (Å²) >= 11 is 0. The van der Waals surface area contributed by atoms with E-state index in [2.05, 4.69) is 17.1 Å². The summed E-state index contributed by atoms with van der Waals surface area (Å²) in [4.78, 5) is 26.0. The third-order valence-electron chi connectivity index (χ3n) is 3.09. The van der Waals surface area contributed by atoms with Gasteiger partial charge in [0.1, 0.15) is 0 Å². The Balaban J connectivity index is 2.21. The Labute approximate surface area is 102 Å². The van der Waals surface area contributed by atoms with Gasteiger partial charge in [0.15, 0.2) is 0 Å². The number of urea groups is 1. The minimum Gasteiger partial charge on any atom is -0.481 e. The predicted molar refractivity (Wildman–Crippen MR) is 63.9 cm³/mol. The number of piperazine rings is 1. The molecule has 1 aliphatic rings. The minimum absolute atomic E-state index is 0.0876. The van der Waals surface area contributed by atoms with E-state index in [9.17, 15) is 9.59 Å². The molecule has 2 amide bonds. The molecule has 1 rings (SSSR count). The number of hydrogen-bond acceptors (Lipinski definition) is 3. The van der Waals surface area contributed by atoms with Crippen molar-refractivity contribution in [2.45, 2.75) is 25.8 Å². The highest BCUT2D eigenvalue weighted by atomic mass is 16.4. The van der Waals surface area contributed by atoms with Gasteiger partial charge >= 0.3 is 12.0 Å². The number of carbonyl (C=O) groups is 2. The third kappa shape index (κ3) is 4.60. The molecule has 1 unspecified atom stereocenters. The molecular formula is C11H21N3O3. The molecule has 0 radical (unpaired) electrons. The van der Waals surface area contributed by atoms with Crippen molar-refractivity contribution in [3.63, 3.8) is 0 Å². The molecule has 0 aromatic carbocycles. The Morgan fingerprint density at radius 2 is 2.12 bits per heavy atom. The van der Waals surface area contributed by atoms with E-state index in [0.29, 0.717) is 19.0 Å². The Morgan fingerprint density at radius 3 is 2.71 bits per heavy atom. The highest BCUT2D eigenvalue weighted by Crippen LogP contribution is 2.06. The van der Waals surface area contributed by atoms with Gasteiger partial charge in [0.05, 0.1) is 0 Å². The van der Waals surface area contributed by atoms with Gasteiger partial charge in [0.2, 0.25) is 0 Å². The Morgan fingerprint density at radius 1 is 1.41 bits per heavy atom. The molecule has 1 saturated heterocycles. The lowest BCUT2D eigenvalue weighted by molar-refractivity contribution is -0.137. The number of carboxylic acids is 1. The standard InChI is InChI=1S/C11H21N3O3/c1-9-8-14(7-6-13(9)2)11(17)12-5-3-4-10(15)16/h9H,3-8H2,1-2H3,(H,12,17)(H,15,16). The van der Waals surface area contributed by atoms with E-state index >= 15 is 0 Å². The molecular weight excluding hydrogens is 222 g/mol. The summed E-state index contributed by atoms with van der Waals surface area (Å²) in [6.45, 7) is 4.84. The van der Waals surface area contributed by atoms with Crippen LogP contribution in [0, 0.1) is 0 Å². The molecule has 6 heteroatoms. The molecule has 1 atom stereocenters. The van der Waals surface area contributed by atoms with Gasteiger partial charge in [-0.3, -0.25) is 4.79 Å².